The van der Waals surface area contributed by atoms with Crippen LogP contribution in [0.5, 0.6) is 5.75 Å². The Morgan fingerprint density at radius 2 is 1.86 bits per heavy atom. The lowest BCUT2D eigenvalue weighted by atomic mass is 9.96. The summed E-state index contributed by atoms with van der Waals surface area (Å²) in [6, 6.07) is 14.9. The van der Waals surface area contributed by atoms with Crippen LogP contribution in [0.25, 0.3) is 5.57 Å². The third kappa shape index (κ3) is 3.32. The number of hydrogen-bond donors (Lipinski definition) is 1. The molecular formula is C18H20ClNOS. The Labute approximate surface area is 142 Å². The van der Waals surface area contributed by atoms with Crippen molar-refractivity contribution in [2.24, 2.45) is 0 Å². The van der Waals surface area contributed by atoms with Crippen LogP contribution in [0.2, 0.25) is 0 Å². The summed E-state index contributed by atoms with van der Waals surface area (Å²) >= 11 is 1.83. The van der Waals surface area contributed by atoms with E-state index in [9.17, 15) is 0 Å². The number of benzene rings is 2. The fourth-order valence-electron chi connectivity index (χ4n) is 2.56. The van der Waals surface area contributed by atoms with Crippen molar-refractivity contribution in [3.8, 4) is 5.75 Å². The number of methoxy groups -OCH3 is 1. The number of ether oxygens (including phenoxy) is 1. The van der Waals surface area contributed by atoms with Crippen molar-refractivity contribution in [3.63, 3.8) is 0 Å². The van der Waals surface area contributed by atoms with E-state index in [0.29, 0.717) is 0 Å². The molecule has 0 aromatic heterocycles. The standard InChI is InChI=1S/C18H19NOS.ClH/c1-19-11-5-7-14-15-6-3-4-8-17(15)21-18-10-9-13(20-2)12-16(14)18;/h3-4,6-10,12,19H,5,11H2,1-2H3;1H/b14-7+;. The van der Waals surface area contributed by atoms with Crippen LogP contribution in [0, 0.1) is 0 Å². The molecule has 0 aliphatic carbocycles. The summed E-state index contributed by atoms with van der Waals surface area (Å²) < 4.78 is 5.39. The van der Waals surface area contributed by atoms with Crippen molar-refractivity contribution < 1.29 is 4.74 Å². The second kappa shape index (κ2) is 7.73. The average molecular weight is 334 g/mol. The normalized spacial score (nSPS) is 14.0. The number of hydrogen-bond acceptors (Lipinski definition) is 3. The van der Waals surface area contributed by atoms with Gasteiger partial charge in [0.25, 0.3) is 0 Å². The molecule has 0 fully saturated rings. The van der Waals surface area contributed by atoms with E-state index >= 15 is 0 Å². The third-order valence-electron chi connectivity index (χ3n) is 3.62. The van der Waals surface area contributed by atoms with Crippen LogP contribution in [0.3, 0.4) is 0 Å². The molecule has 1 aliphatic heterocycles. The minimum atomic E-state index is 0. The highest BCUT2D eigenvalue weighted by molar-refractivity contribution is 7.99. The minimum absolute atomic E-state index is 0. The minimum Gasteiger partial charge on any atom is -0.497 e. The van der Waals surface area contributed by atoms with Gasteiger partial charge in [0.05, 0.1) is 7.11 Å². The zero-order chi connectivity index (χ0) is 14.7. The van der Waals surface area contributed by atoms with Crippen molar-refractivity contribution in [1.29, 1.82) is 0 Å². The first-order chi connectivity index (χ1) is 10.3. The largest absolute Gasteiger partial charge is 0.497 e. The lowest BCUT2D eigenvalue weighted by Crippen LogP contribution is -2.07. The van der Waals surface area contributed by atoms with Crippen molar-refractivity contribution in [3.05, 3.63) is 59.7 Å². The summed E-state index contributed by atoms with van der Waals surface area (Å²) in [5.41, 5.74) is 3.90. The molecule has 3 rings (SSSR count). The van der Waals surface area contributed by atoms with Crippen LogP contribution in [0.1, 0.15) is 17.5 Å². The summed E-state index contributed by atoms with van der Waals surface area (Å²) in [5, 5.41) is 3.20. The maximum absolute atomic E-state index is 5.39. The van der Waals surface area contributed by atoms with Gasteiger partial charge in [-0.15, -0.1) is 12.4 Å². The maximum Gasteiger partial charge on any atom is 0.119 e. The summed E-state index contributed by atoms with van der Waals surface area (Å²) in [7, 11) is 3.70. The Morgan fingerprint density at radius 1 is 1.09 bits per heavy atom. The first-order valence-electron chi connectivity index (χ1n) is 7.14. The van der Waals surface area contributed by atoms with Crippen LogP contribution in [-0.2, 0) is 0 Å². The van der Waals surface area contributed by atoms with Gasteiger partial charge < -0.3 is 10.1 Å². The van der Waals surface area contributed by atoms with E-state index in [1.165, 1.54) is 26.5 Å². The Morgan fingerprint density at radius 3 is 2.64 bits per heavy atom. The van der Waals surface area contributed by atoms with Crippen LogP contribution in [-0.4, -0.2) is 20.7 Å². The van der Waals surface area contributed by atoms with Crippen LogP contribution in [0.4, 0.5) is 0 Å². The van der Waals surface area contributed by atoms with Crippen LogP contribution in [0.15, 0.2) is 58.3 Å². The molecule has 2 aromatic rings. The third-order valence-corrected chi connectivity index (χ3v) is 4.77. The van der Waals surface area contributed by atoms with E-state index in [4.69, 9.17) is 4.74 Å². The van der Waals surface area contributed by atoms with Crippen molar-refractivity contribution in [2.45, 2.75) is 16.2 Å². The molecule has 1 heterocycles. The smallest absolute Gasteiger partial charge is 0.119 e. The van der Waals surface area contributed by atoms with E-state index in [1.54, 1.807) is 7.11 Å². The number of fused-ring (bicyclic) bond motifs is 2. The Hall–Kier alpha value is -1.42. The fourth-order valence-corrected chi connectivity index (χ4v) is 3.64. The maximum atomic E-state index is 5.39. The molecule has 22 heavy (non-hydrogen) atoms. The molecule has 1 N–H and O–H groups in total. The average Bonchev–Trinajstić information content (AvgIpc) is 2.54. The second-order valence-electron chi connectivity index (χ2n) is 4.97. The van der Waals surface area contributed by atoms with Gasteiger partial charge in [-0.05, 0) is 61.0 Å². The molecule has 2 nitrogen and oxygen atoms in total. The van der Waals surface area contributed by atoms with Gasteiger partial charge in [0.1, 0.15) is 5.75 Å². The Kier molecular flexibility index (Phi) is 5.95. The highest BCUT2D eigenvalue weighted by Crippen LogP contribution is 2.46. The molecule has 0 spiro atoms. The van der Waals surface area contributed by atoms with Gasteiger partial charge >= 0.3 is 0 Å². The summed E-state index contributed by atoms with van der Waals surface area (Å²) in [6.07, 6.45) is 3.34. The van der Waals surface area contributed by atoms with Crippen LogP contribution >= 0.6 is 24.2 Å². The molecule has 0 radical (unpaired) electrons. The van der Waals surface area contributed by atoms with Crippen molar-refractivity contribution in [1.82, 2.24) is 5.32 Å². The summed E-state index contributed by atoms with van der Waals surface area (Å²) in [5.74, 6) is 0.910. The molecule has 0 saturated heterocycles. The van der Waals surface area contributed by atoms with Gasteiger partial charge in [0.2, 0.25) is 0 Å². The van der Waals surface area contributed by atoms with Gasteiger partial charge in [0, 0.05) is 9.79 Å². The second-order valence-corrected chi connectivity index (χ2v) is 6.05. The highest BCUT2D eigenvalue weighted by Gasteiger charge is 2.20. The highest BCUT2D eigenvalue weighted by atomic mass is 35.5. The van der Waals surface area contributed by atoms with E-state index in [0.717, 1.165) is 18.7 Å². The molecule has 1 aliphatic rings. The lowest BCUT2D eigenvalue weighted by molar-refractivity contribution is 0.414. The van der Waals surface area contributed by atoms with E-state index < -0.39 is 0 Å². The quantitative estimate of drug-likeness (QED) is 0.704. The number of nitrogens with one attached hydrogen (secondary N) is 1. The van der Waals surface area contributed by atoms with Crippen LogP contribution < -0.4 is 10.1 Å². The Bertz CT molecular complexity index is 685. The number of halogens is 1. The molecule has 0 saturated carbocycles. The molecule has 0 bridgehead atoms. The van der Waals surface area contributed by atoms with E-state index in [1.807, 2.05) is 24.9 Å². The fraction of sp³-hybridized carbons (Fsp3) is 0.222. The number of rotatable bonds is 4. The first-order valence-corrected chi connectivity index (χ1v) is 7.95. The van der Waals surface area contributed by atoms with Gasteiger partial charge in [-0.3, -0.25) is 0 Å². The topological polar surface area (TPSA) is 21.3 Å². The SMILES string of the molecule is CNCC/C=C1\c2ccccc2Sc2ccc(OC)cc21.Cl. The van der Waals surface area contributed by atoms with E-state index in [-0.39, 0.29) is 12.4 Å². The van der Waals surface area contributed by atoms with Gasteiger partial charge in [-0.1, -0.05) is 36.0 Å². The zero-order valence-electron chi connectivity index (χ0n) is 12.8. The lowest BCUT2D eigenvalue weighted by Gasteiger charge is -2.22. The Balaban J connectivity index is 0.00000176. The first kappa shape index (κ1) is 16.9. The molecular weight excluding hydrogens is 314 g/mol. The molecule has 2 aromatic carbocycles. The van der Waals surface area contributed by atoms with Crippen molar-refractivity contribution in [2.75, 3.05) is 20.7 Å². The van der Waals surface area contributed by atoms with Gasteiger partial charge in [-0.25, -0.2) is 0 Å². The molecule has 0 amide bonds. The van der Waals surface area contributed by atoms with Crippen molar-refractivity contribution >= 4 is 29.7 Å². The molecule has 0 unspecified atom stereocenters. The molecule has 116 valence electrons. The molecule has 4 heteroatoms. The molecule has 0 atom stereocenters. The summed E-state index contributed by atoms with van der Waals surface area (Å²) in [4.78, 5) is 2.62. The van der Waals surface area contributed by atoms with Gasteiger partial charge in [0.15, 0.2) is 0 Å². The predicted molar refractivity (Wildman–Crippen MR) is 96.4 cm³/mol. The zero-order valence-corrected chi connectivity index (χ0v) is 14.4. The monoisotopic (exact) mass is 333 g/mol. The predicted octanol–water partition coefficient (Wildman–Crippen LogP) is 4.62. The summed E-state index contributed by atoms with van der Waals surface area (Å²) in [6.45, 7) is 0.984. The van der Waals surface area contributed by atoms with E-state index in [2.05, 4.69) is 47.8 Å². The van der Waals surface area contributed by atoms with Gasteiger partial charge in [-0.2, -0.15) is 0 Å².